The summed E-state index contributed by atoms with van der Waals surface area (Å²) in [6, 6.07) is 7.27. The van der Waals surface area contributed by atoms with E-state index >= 15 is 0 Å². The highest BCUT2D eigenvalue weighted by Crippen LogP contribution is 2.52. The number of carbonyl (C=O) groups excluding carboxylic acids is 5. The Labute approximate surface area is 241 Å². The van der Waals surface area contributed by atoms with Crippen LogP contribution < -0.4 is 10.5 Å². The molecule has 0 aromatic heterocycles. The number of likely N-dealkylation sites (N-methyl/N-ethyl adjacent to an activating group) is 1. The number of ether oxygens (including phenoxy) is 2. The summed E-state index contributed by atoms with van der Waals surface area (Å²) >= 11 is 0. The van der Waals surface area contributed by atoms with Crippen molar-refractivity contribution in [3.05, 3.63) is 53.3 Å². The van der Waals surface area contributed by atoms with E-state index in [0.717, 1.165) is 5.56 Å². The predicted molar refractivity (Wildman–Crippen MR) is 149 cm³/mol. The van der Waals surface area contributed by atoms with Crippen LogP contribution in [0.25, 0.3) is 17.2 Å². The maximum atomic E-state index is 14.0. The van der Waals surface area contributed by atoms with Crippen LogP contribution in [0.15, 0.2) is 36.6 Å². The number of amides is 1. The van der Waals surface area contributed by atoms with Crippen LogP contribution in [0.5, 0.6) is 11.5 Å². The number of Topliss-reactive ketones (excluding diaryl/α,β-unsaturated/α-hetero) is 4. The van der Waals surface area contributed by atoms with Gasteiger partial charge >= 0.3 is 0 Å². The number of carbonyl (C=O) groups is 5. The monoisotopic (exact) mass is 576 g/mol. The summed E-state index contributed by atoms with van der Waals surface area (Å²) in [4.78, 5) is 68.3. The first-order valence-electron chi connectivity index (χ1n) is 13.5. The lowest BCUT2D eigenvalue weighted by molar-refractivity contribution is -0.181. The van der Waals surface area contributed by atoms with Gasteiger partial charge in [-0.2, -0.15) is 0 Å². The van der Waals surface area contributed by atoms with Gasteiger partial charge < -0.3 is 25.4 Å². The van der Waals surface area contributed by atoms with Gasteiger partial charge in [0.25, 0.3) is 0 Å². The van der Waals surface area contributed by atoms with E-state index in [2.05, 4.69) is 0 Å². The van der Waals surface area contributed by atoms with Crippen molar-refractivity contribution >= 4 is 35.1 Å². The number of benzene rings is 2. The quantitative estimate of drug-likeness (QED) is 0.334. The summed E-state index contributed by atoms with van der Waals surface area (Å²) < 4.78 is 10.6. The fraction of sp³-hybridized carbons (Fsp3) is 0.387. The molecule has 0 aliphatic heterocycles. The number of nitrogens with two attached hydrogens (primary N) is 1. The van der Waals surface area contributed by atoms with E-state index in [-0.39, 0.29) is 24.2 Å². The van der Waals surface area contributed by atoms with Crippen LogP contribution in [0.4, 0.5) is 0 Å². The molecule has 6 atom stereocenters. The topological polar surface area (TPSA) is 174 Å². The number of phenolic OH excluding ortho intramolecular Hbond substituents is 1. The second-order valence-corrected chi connectivity index (χ2v) is 11.3. The first kappa shape index (κ1) is 29.2. The molecule has 42 heavy (non-hydrogen) atoms. The number of primary amides is 1. The minimum absolute atomic E-state index is 0.0350. The lowest BCUT2D eigenvalue weighted by Crippen LogP contribution is -2.74. The van der Waals surface area contributed by atoms with Crippen LogP contribution in [0.3, 0.4) is 0 Å². The third-order valence-corrected chi connectivity index (χ3v) is 8.86. The highest BCUT2D eigenvalue weighted by molar-refractivity contribution is 6.32. The van der Waals surface area contributed by atoms with Crippen molar-refractivity contribution in [2.75, 3.05) is 28.3 Å². The largest absolute Gasteiger partial charge is 0.507 e. The number of aliphatic hydroxyl groups is 1. The Morgan fingerprint density at radius 1 is 1.07 bits per heavy atom. The number of aromatic hydroxyl groups is 1. The van der Waals surface area contributed by atoms with Crippen molar-refractivity contribution in [2.24, 2.45) is 29.4 Å². The van der Waals surface area contributed by atoms with Gasteiger partial charge in [-0.25, -0.2) is 0 Å². The molecule has 11 heteroatoms. The molecule has 0 spiro atoms. The van der Waals surface area contributed by atoms with Crippen molar-refractivity contribution in [3.8, 4) is 22.6 Å². The van der Waals surface area contributed by atoms with Crippen LogP contribution in [0.2, 0.25) is 0 Å². The Kier molecular flexibility index (Phi) is 7.28. The number of hydrogen-bond acceptors (Lipinski definition) is 10. The van der Waals surface area contributed by atoms with Crippen molar-refractivity contribution in [2.45, 2.75) is 24.5 Å². The molecule has 3 aliphatic carbocycles. The zero-order valence-corrected chi connectivity index (χ0v) is 23.6. The number of methoxy groups -OCH3 is 2. The van der Waals surface area contributed by atoms with Gasteiger partial charge in [-0.1, -0.05) is 12.1 Å². The molecule has 0 heterocycles. The fourth-order valence-electron chi connectivity index (χ4n) is 7.04. The van der Waals surface area contributed by atoms with Crippen LogP contribution in [0.1, 0.15) is 27.9 Å². The standard InChI is InChI=1S/C31H32N2O9/c1-33(2)25-19-13-15-12-18-16(17-11-14(9-10-41-3)5-8-21(17)42-4)6-7-20(34)23(18)26(35)22(15)28(37)31(19,40)29(38)24(27(25)36)30(32)39/h5-11,15,19,22,24-25,34,40H,12-13H2,1-4H3,(H2,32,39)/b10-9+/t15-,19-,22?,24?,25-,31-/m1/s1. The van der Waals surface area contributed by atoms with E-state index in [1.54, 1.807) is 32.3 Å². The SMILES string of the molecule is CO/C=C/c1ccc(OC)c(-c2ccc(O)c3c2C[C@@H]2C[C@@H]4[C@@H](N(C)C)C(=O)C(C(N)=O)C(=O)[C@]4(O)C(=O)C2C3=O)c1. The van der Waals surface area contributed by atoms with E-state index in [1.807, 2.05) is 12.1 Å². The second-order valence-electron chi connectivity index (χ2n) is 11.3. The molecule has 3 aliphatic rings. The van der Waals surface area contributed by atoms with E-state index < -0.39 is 64.4 Å². The maximum Gasteiger partial charge on any atom is 0.235 e. The molecule has 4 N–H and O–H groups in total. The normalized spacial score (nSPS) is 28.9. The van der Waals surface area contributed by atoms with Crippen molar-refractivity contribution in [1.29, 1.82) is 0 Å². The highest BCUT2D eigenvalue weighted by atomic mass is 16.5. The average Bonchev–Trinajstić information content (AvgIpc) is 2.93. The van der Waals surface area contributed by atoms with Gasteiger partial charge in [-0.15, -0.1) is 0 Å². The molecule has 2 aromatic carbocycles. The lowest BCUT2D eigenvalue weighted by Gasteiger charge is -2.52. The number of phenols is 1. The van der Waals surface area contributed by atoms with Gasteiger partial charge in [0.1, 0.15) is 11.5 Å². The molecule has 11 nitrogen and oxygen atoms in total. The highest BCUT2D eigenvalue weighted by Gasteiger charge is 2.69. The molecular weight excluding hydrogens is 544 g/mol. The van der Waals surface area contributed by atoms with E-state index in [4.69, 9.17) is 15.2 Å². The summed E-state index contributed by atoms with van der Waals surface area (Å²) in [7, 11) is 6.12. The van der Waals surface area contributed by atoms with Crippen LogP contribution in [-0.4, -0.2) is 84.1 Å². The van der Waals surface area contributed by atoms with Gasteiger partial charge in [0.05, 0.1) is 38.0 Å². The maximum absolute atomic E-state index is 14.0. The lowest BCUT2D eigenvalue weighted by atomic mass is 9.52. The smallest absolute Gasteiger partial charge is 0.235 e. The first-order valence-corrected chi connectivity index (χ1v) is 13.5. The zero-order chi connectivity index (χ0) is 30.7. The molecule has 2 saturated carbocycles. The molecule has 2 fully saturated rings. The Balaban J connectivity index is 1.67. The third-order valence-electron chi connectivity index (χ3n) is 8.86. The van der Waals surface area contributed by atoms with E-state index in [0.29, 0.717) is 22.4 Å². The van der Waals surface area contributed by atoms with E-state index in [9.17, 15) is 34.2 Å². The summed E-state index contributed by atoms with van der Waals surface area (Å²) in [5, 5.41) is 22.6. The zero-order valence-electron chi connectivity index (χ0n) is 23.6. The van der Waals surface area contributed by atoms with E-state index in [1.165, 1.54) is 31.4 Å². The van der Waals surface area contributed by atoms with Gasteiger partial charge in [0.15, 0.2) is 34.7 Å². The molecule has 220 valence electrons. The molecule has 0 saturated heterocycles. The first-order chi connectivity index (χ1) is 19.9. The minimum Gasteiger partial charge on any atom is -0.507 e. The minimum atomic E-state index is -2.77. The Morgan fingerprint density at radius 2 is 1.79 bits per heavy atom. The molecule has 2 aromatic rings. The molecule has 0 radical (unpaired) electrons. The molecule has 5 rings (SSSR count). The van der Waals surface area contributed by atoms with Crippen LogP contribution in [-0.2, 0) is 30.3 Å². The molecule has 0 bridgehead atoms. The van der Waals surface area contributed by atoms with Gasteiger partial charge in [0.2, 0.25) is 5.91 Å². The van der Waals surface area contributed by atoms with Gasteiger partial charge in [-0.3, -0.25) is 28.9 Å². The molecular formula is C31H32N2O9. The summed E-state index contributed by atoms with van der Waals surface area (Å²) in [6.45, 7) is 0. The van der Waals surface area contributed by atoms with Crippen LogP contribution in [0, 0.1) is 23.7 Å². The number of ketones is 4. The molecule has 2 unspecified atom stereocenters. The molecule has 1 amide bonds. The number of nitrogens with zero attached hydrogens (tertiary/aromatic N) is 1. The number of fused-ring (bicyclic) bond motifs is 3. The summed E-state index contributed by atoms with van der Waals surface area (Å²) in [5.41, 5.74) is 5.01. The second kappa shape index (κ2) is 10.5. The Morgan fingerprint density at radius 3 is 2.40 bits per heavy atom. The number of rotatable bonds is 6. The average molecular weight is 577 g/mol. The van der Waals surface area contributed by atoms with Gasteiger partial charge in [-0.05, 0) is 73.8 Å². The predicted octanol–water partition coefficient (Wildman–Crippen LogP) is 1.16. The van der Waals surface area contributed by atoms with Crippen molar-refractivity contribution < 1.29 is 43.7 Å². The summed E-state index contributed by atoms with van der Waals surface area (Å²) in [5.74, 6) is -10.4. The van der Waals surface area contributed by atoms with Crippen LogP contribution >= 0.6 is 0 Å². The third kappa shape index (κ3) is 4.14. The fourth-order valence-corrected chi connectivity index (χ4v) is 7.04. The van der Waals surface area contributed by atoms with Gasteiger partial charge in [0, 0.05) is 11.5 Å². The number of hydrogen-bond donors (Lipinski definition) is 3. The summed E-state index contributed by atoms with van der Waals surface area (Å²) in [6.07, 6.45) is 3.36. The van der Waals surface area contributed by atoms with Crippen molar-refractivity contribution in [1.82, 2.24) is 4.90 Å². The van der Waals surface area contributed by atoms with Crippen molar-refractivity contribution in [3.63, 3.8) is 0 Å². The Hall–Kier alpha value is -4.35. The Bertz CT molecular complexity index is 1560.